The average molecular weight is 544 g/mol. The summed E-state index contributed by atoms with van der Waals surface area (Å²) >= 11 is 6.47. The van der Waals surface area contributed by atoms with Crippen LogP contribution in [0, 0.1) is 0 Å². The van der Waals surface area contributed by atoms with Gasteiger partial charge in [-0.2, -0.15) is 0 Å². The normalized spacial score (nSPS) is 11.0. The third kappa shape index (κ3) is 5.63. The molecule has 0 aliphatic heterocycles. The highest BCUT2D eigenvalue weighted by molar-refractivity contribution is 6.34. The summed E-state index contributed by atoms with van der Waals surface area (Å²) in [6.07, 6.45) is 1.40. The number of fused-ring (bicyclic) bond motifs is 2. The zero-order valence-electron chi connectivity index (χ0n) is 21.8. The number of ether oxygens (including phenoxy) is 3. The molecule has 198 valence electrons. The molecule has 2 aromatic heterocycles. The molecule has 2 heterocycles. The summed E-state index contributed by atoms with van der Waals surface area (Å²) in [5, 5.41) is 7.47. The van der Waals surface area contributed by atoms with Gasteiger partial charge in [0.15, 0.2) is 11.5 Å². The SMILES string of the molecule is COc1cc2ncnc(Oc3ccc(NC(=O)Nc4ccc5nc(C(C)C)ccc5c4)c(Cl)c3)c2cc1OC. The van der Waals surface area contributed by atoms with E-state index in [2.05, 4.69) is 39.4 Å². The summed E-state index contributed by atoms with van der Waals surface area (Å²) in [5.74, 6) is 2.17. The van der Waals surface area contributed by atoms with E-state index >= 15 is 0 Å². The number of methoxy groups -OCH3 is 2. The predicted octanol–water partition coefficient (Wildman–Crippen LogP) is 7.41. The predicted molar refractivity (Wildman–Crippen MR) is 153 cm³/mol. The maximum absolute atomic E-state index is 12.7. The molecule has 9 nitrogen and oxygen atoms in total. The Labute approximate surface area is 230 Å². The number of benzene rings is 3. The van der Waals surface area contributed by atoms with Crippen LogP contribution in [0.25, 0.3) is 21.8 Å². The van der Waals surface area contributed by atoms with Gasteiger partial charge in [0, 0.05) is 28.9 Å². The molecule has 10 heteroatoms. The van der Waals surface area contributed by atoms with E-state index in [0.717, 1.165) is 16.6 Å². The van der Waals surface area contributed by atoms with Gasteiger partial charge in [0.1, 0.15) is 12.1 Å². The van der Waals surface area contributed by atoms with Crippen molar-refractivity contribution >= 4 is 50.8 Å². The van der Waals surface area contributed by atoms with Crippen LogP contribution in [0.15, 0.2) is 67.0 Å². The number of halogens is 1. The first-order valence-electron chi connectivity index (χ1n) is 12.2. The molecule has 5 aromatic rings. The number of anilines is 2. The fraction of sp³-hybridized carbons (Fsp3) is 0.172. The first kappa shape index (κ1) is 26.0. The van der Waals surface area contributed by atoms with Crippen LogP contribution in [-0.4, -0.2) is 35.2 Å². The van der Waals surface area contributed by atoms with Crippen molar-refractivity contribution in [3.05, 3.63) is 77.7 Å². The minimum absolute atomic E-state index is 0.296. The van der Waals surface area contributed by atoms with Crippen LogP contribution in [0.2, 0.25) is 5.02 Å². The van der Waals surface area contributed by atoms with Gasteiger partial charge in [-0.3, -0.25) is 4.98 Å². The van der Waals surface area contributed by atoms with Crippen molar-refractivity contribution in [3.8, 4) is 23.1 Å². The molecule has 0 fully saturated rings. The molecule has 0 spiro atoms. The highest BCUT2D eigenvalue weighted by Crippen LogP contribution is 2.37. The fourth-order valence-electron chi connectivity index (χ4n) is 4.04. The van der Waals surface area contributed by atoms with Crippen LogP contribution in [0.3, 0.4) is 0 Å². The maximum Gasteiger partial charge on any atom is 0.323 e. The quantitative estimate of drug-likeness (QED) is 0.220. The summed E-state index contributed by atoms with van der Waals surface area (Å²) in [6, 6.07) is 17.6. The van der Waals surface area contributed by atoms with E-state index in [1.165, 1.54) is 6.33 Å². The summed E-state index contributed by atoms with van der Waals surface area (Å²) in [7, 11) is 3.11. The van der Waals surface area contributed by atoms with Crippen molar-refractivity contribution in [1.82, 2.24) is 15.0 Å². The Bertz CT molecular complexity index is 1690. The molecule has 0 atom stereocenters. The zero-order valence-corrected chi connectivity index (χ0v) is 22.5. The Hall–Kier alpha value is -4.63. The third-order valence-electron chi connectivity index (χ3n) is 6.07. The largest absolute Gasteiger partial charge is 0.493 e. The van der Waals surface area contributed by atoms with Crippen molar-refractivity contribution in [2.24, 2.45) is 0 Å². The number of rotatable bonds is 7. The van der Waals surface area contributed by atoms with Gasteiger partial charge in [-0.1, -0.05) is 31.5 Å². The van der Waals surface area contributed by atoms with Crippen LogP contribution in [0.5, 0.6) is 23.1 Å². The van der Waals surface area contributed by atoms with Crippen LogP contribution in [0.4, 0.5) is 16.2 Å². The van der Waals surface area contributed by atoms with Crippen molar-refractivity contribution in [3.63, 3.8) is 0 Å². The molecule has 3 aromatic carbocycles. The first-order valence-corrected chi connectivity index (χ1v) is 12.5. The number of nitrogens with one attached hydrogen (secondary N) is 2. The van der Waals surface area contributed by atoms with E-state index in [0.29, 0.717) is 56.3 Å². The van der Waals surface area contributed by atoms with Gasteiger partial charge in [-0.25, -0.2) is 14.8 Å². The van der Waals surface area contributed by atoms with Gasteiger partial charge in [0.25, 0.3) is 0 Å². The molecule has 0 aliphatic carbocycles. The molecular formula is C29H26ClN5O4. The standard InChI is InChI=1S/C29H26ClN5O4/c1-16(2)22-8-5-17-11-18(6-9-23(17)34-22)33-29(36)35-24-10-7-19(12-21(24)30)39-28-20-13-26(37-3)27(38-4)14-25(20)31-15-32-28/h5-16H,1-4H3,(H2,33,35,36). The molecule has 5 rings (SSSR count). The van der Waals surface area contributed by atoms with Gasteiger partial charge in [0.05, 0.1) is 41.3 Å². The third-order valence-corrected chi connectivity index (χ3v) is 6.38. The van der Waals surface area contributed by atoms with Crippen LogP contribution in [0.1, 0.15) is 25.5 Å². The number of urea groups is 1. The Balaban J connectivity index is 1.30. The second-order valence-corrected chi connectivity index (χ2v) is 9.43. The highest BCUT2D eigenvalue weighted by Gasteiger charge is 2.14. The van der Waals surface area contributed by atoms with Crippen LogP contribution >= 0.6 is 11.6 Å². The Morgan fingerprint density at radius 1 is 0.872 bits per heavy atom. The number of carbonyl (C=O) groups is 1. The van der Waals surface area contributed by atoms with Crippen LogP contribution in [-0.2, 0) is 0 Å². The summed E-state index contributed by atoms with van der Waals surface area (Å²) in [6.45, 7) is 4.20. The monoisotopic (exact) mass is 543 g/mol. The first-order chi connectivity index (χ1) is 18.8. The van der Waals surface area contributed by atoms with Crippen molar-refractivity contribution in [1.29, 1.82) is 0 Å². The lowest BCUT2D eigenvalue weighted by atomic mass is 10.1. The fourth-order valence-corrected chi connectivity index (χ4v) is 4.26. The summed E-state index contributed by atoms with van der Waals surface area (Å²) < 4.78 is 16.7. The number of nitrogens with zero attached hydrogens (tertiary/aromatic N) is 3. The maximum atomic E-state index is 12.7. The van der Waals surface area contributed by atoms with Crippen LogP contribution < -0.4 is 24.8 Å². The number of hydrogen-bond donors (Lipinski definition) is 2. The summed E-state index contributed by atoms with van der Waals surface area (Å²) in [4.78, 5) is 25.9. The molecule has 0 saturated carbocycles. The lowest BCUT2D eigenvalue weighted by Crippen LogP contribution is -2.19. The summed E-state index contributed by atoms with van der Waals surface area (Å²) in [5.41, 5.74) is 3.58. The van der Waals surface area contributed by atoms with E-state index in [4.69, 9.17) is 25.8 Å². The number of hydrogen-bond acceptors (Lipinski definition) is 7. The van der Waals surface area contributed by atoms with E-state index in [9.17, 15) is 4.79 Å². The average Bonchev–Trinajstić information content (AvgIpc) is 2.93. The number of pyridine rings is 1. The van der Waals surface area contributed by atoms with E-state index in [1.54, 1.807) is 44.6 Å². The Morgan fingerprint density at radius 3 is 2.41 bits per heavy atom. The minimum Gasteiger partial charge on any atom is -0.493 e. The molecule has 0 saturated heterocycles. The number of carbonyl (C=O) groups excluding carboxylic acids is 1. The van der Waals surface area contributed by atoms with Crippen molar-refractivity contribution < 1.29 is 19.0 Å². The molecular weight excluding hydrogens is 518 g/mol. The van der Waals surface area contributed by atoms with Gasteiger partial charge in [-0.15, -0.1) is 0 Å². The Kier molecular flexibility index (Phi) is 7.33. The van der Waals surface area contributed by atoms with E-state index < -0.39 is 6.03 Å². The van der Waals surface area contributed by atoms with Gasteiger partial charge in [0.2, 0.25) is 5.88 Å². The van der Waals surface area contributed by atoms with Gasteiger partial charge in [-0.05, 0) is 48.4 Å². The second kappa shape index (κ2) is 11.0. The lowest BCUT2D eigenvalue weighted by Gasteiger charge is -2.13. The zero-order chi connectivity index (χ0) is 27.5. The number of amides is 2. The molecule has 0 bridgehead atoms. The topological polar surface area (TPSA) is 107 Å². The highest BCUT2D eigenvalue weighted by atomic mass is 35.5. The Morgan fingerprint density at radius 2 is 1.67 bits per heavy atom. The van der Waals surface area contributed by atoms with Gasteiger partial charge < -0.3 is 24.8 Å². The second-order valence-electron chi connectivity index (χ2n) is 9.02. The smallest absolute Gasteiger partial charge is 0.323 e. The number of aromatic nitrogens is 3. The van der Waals surface area contributed by atoms with E-state index in [-0.39, 0.29) is 0 Å². The molecule has 2 amide bonds. The van der Waals surface area contributed by atoms with Gasteiger partial charge >= 0.3 is 6.03 Å². The van der Waals surface area contributed by atoms with Crippen molar-refractivity contribution in [2.75, 3.05) is 24.9 Å². The minimum atomic E-state index is -0.431. The van der Waals surface area contributed by atoms with E-state index in [1.807, 2.05) is 30.3 Å². The molecule has 0 radical (unpaired) electrons. The molecule has 0 aliphatic rings. The lowest BCUT2D eigenvalue weighted by molar-refractivity contribution is 0.262. The molecule has 39 heavy (non-hydrogen) atoms. The molecule has 2 N–H and O–H groups in total. The molecule has 0 unspecified atom stereocenters. The van der Waals surface area contributed by atoms with Crippen molar-refractivity contribution in [2.45, 2.75) is 19.8 Å².